The number of hydrogen-bond acceptors (Lipinski definition) is 7. The van der Waals surface area contributed by atoms with E-state index in [0.29, 0.717) is 0 Å². The number of rotatable bonds is 8. The first-order valence-corrected chi connectivity index (χ1v) is 13.5. The van der Waals surface area contributed by atoms with Gasteiger partial charge < -0.3 is 21.1 Å². The first-order valence-electron chi connectivity index (χ1n) is 12.5. The van der Waals surface area contributed by atoms with Crippen LogP contribution in [0.5, 0.6) is 0 Å². The maximum Gasteiger partial charge on any atom is 0.350 e. The molecule has 0 spiro atoms. The fourth-order valence-corrected chi connectivity index (χ4v) is 7.28. The molecule has 0 bridgehead atoms. The third-order valence-corrected chi connectivity index (χ3v) is 9.15. The van der Waals surface area contributed by atoms with Gasteiger partial charge >= 0.3 is 5.69 Å². The normalized spacial score (nSPS) is 25.8. The number of nitrogens with two attached hydrogens (primary N) is 1. The molecular formula is C30H31N3O4S. The van der Waals surface area contributed by atoms with E-state index < -0.39 is 33.6 Å². The van der Waals surface area contributed by atoms with Gasteiger partial charge in [-0.2, -0.15) is 4.98 Å². The Hall–Kier alpha value is -3.43. The molecule has 5 rings (SSSR count). The van der Waals surface area contributed by atoms with Crippen molar-refractivity contribution in [2.24, 2.45) is 0 Å². The maximum atomic E-state index is 13.0. The number of thioether (sulfide) groups is 1. The topological polar surface area (TPSA) is 122 Å². The zero-order valence-electron chi connectivity index (χ0n) is 20.8. The van der Waals surface area contributed by atoms with Gasteiger partial charge in [-0.05, 0) is 29.2 Å². The van der Waals surface area contributed by atoms with Crippen molar-refractivity contribution in [2.75, 3.05) is 5.73 Å². The van der Waals surface area contributed by atoms with E-state index >= 15 is 0 Å². The number of aliphatic hydroxyl groups is 3. The smallest absolute Gasteiger partial charge is 0.350 e. The summed E-state index contributed by atoms with van der Waals surface area (Å²) >= 11 is 1.20. The quantitative estimate of drug-likeness (QED) is 0.277. The van der Waals surface area contributed by atoms with Crippen LogP contribution in [0.15, 0.2) is 108 Å². The van der Waals surface area contributed by atoms with Crippen LogP contribution in [0, 0.1) is 0 Å². The van der Waals surface area contributed by atoms with Crippen LogP contribution >= 0.6 is 11.8 Å². The summed E-state index contributed by atoms with van der Waals surface area (Å²) in [5.74, 6) is 0.0704. The van der Waals surface area contributed by atoms with E-state index in [1.807, 2.05) is 91.0 Å². The summed E-state index contributed by atoms with van der Waals surface area (Å²) < 4.78 is 1.31. The number of benzene rings is 3. The molecule has 1 unspecified atom stereocenters. The van der Waals surface area contributed by atoms with Gasteiger partial charge in [0.15, 0.2) is 0 Å². The van der Waals surface area contributed by atoms with Gasteiger partial charge in [-0.3, -0.25) is 4.57 Å². The van der Waals surface area contributed by atoms with Gasteiger partial charge in [-0.15, -0.1) is 11.8 Å². The molecule has 1 saturated heterocycles. The number of nitrogen functional groups attached to an aromatic ring is 1. The second kappa shape index (κ2) is 10.7. The Bertz CT molecular complexity index is 1420. The van der Waals surface area contributed by atoms with Crippen molar-refractivity contribution in [3.8, 4) is 0 Å². The van der Waals surface area contributed by atoms with Gasteiger partial charge in [0.05, 0.1) is 11.4 Å². The van der Waals surface area contributed by atoms with E-state index in [4.69, 9.17) is 5.73 Å². The molecule has 8 heteroatoms. The predicted octanol–water partition coefficient (Wildman–Crippen LogP) is 2.99. The monoisotopic (exact) mass is 529 g/mol. The van der Waals surface area contributed by atoms with E-state index in [1.54, 1.807) is 0 Å². The Morgan fingerprint density at radius 1 is 0.816 bits per heavy atom. The minimum atomic E-state index is -1.85. The van der Waals surface area contributed by atoms with Crippen LogP contribution in [0.1, 0.15) is 22.1 Å². The summed E-state index contributed by atoms with van der Waals surface area (Å²) in [6.07, 6.45) is 0.890. The summed E-state index contributed by atoms with van der Waals surface area (Å²) in [4.78, 5) is 16.9. The third kappa shape index (κ3) is 5.00. The van der Waals surface area contributed by atoms with E-state index in [0.717, 1.165) is 16.7 Å². The van der Waals surface area contributed by atoms with Crippen molar-refractivity contribution in [1.82, 2.24) is 9.55 Å². The molecule has 4 aromatic rings. The van der Waals surface area contributed by atoms with Crippen molar-refractivity contribution in [1.29, 1.82) is 0 Å². The summed E-state index contributed by atoms with van der Waals surface area (Å²) in [5, 5.41) is 35.0. The summed E-state index contributed by atoms with van der Waals surface area (Å²) in [7, 11) is 0. The molecule has 1 aliphatic rings. The number of nitrogens with zero attached hydrogens (tertiary/aromatic N) is 2. The molecule has 0 amide bonds. The fraction of sp³-hybridized carbons (Fsp3) is 0.267. The zero-order chi connectivity index (χ0) is 26.8. The molecule has 1 aromatic heterocycles. The molecule has 2 heterocycles. The van der Waals surface area contributed by atoms with Crippen molar-refractivity contribution in [3.63, 3.8) is 0 Å². The number of aromatic nitrogens is 2. The number of anilines is 1. The van der Waals surface area contributed by atoms with Crippen LogP contribution in [0.2, 0.25) is 0 Å². The van der Waals surface area contributed by atoms with E-state index in [9.17, 15) is 20.1 Å². The lowest BCUT2D eigenvalue weighted by atomic mass is 9.71. The van der Waals surface area contributed by atoms with Crippen molar-refractivity contribution >= 4 is 17.6 Å². The standard InChI is InChI=1S/C30H31N3O4S/c31-25-16-17-33(28(35)32-25)27-30(37,20-23-14-8-3-9-15-23)29(36,19-22-12-6-2-7-13-22)26(38-27)24(34)18-21-10-4-1-5-11-21/h1-17,24,26-27,34,36-37H,18-20H2,(H2,31,32,35)/t24?,26-,27-,29-,30-/m0/s1. The maximum absolute atomic E-state index is 13.0. The molecular weight excluding hydrogens is 498 g/mol. The molecule has 1 aliphatic heterocycles. The lowest BCUT2D eigenvalue weighted by molar-refractivity contribution is -0.161. The zero-order valence-corrected chi connectivity index (χ0v) is 21.6. The average molecular weight is 530 g/mol. The van der Waals surface area contributed by atoms with Crippen LogP contribution in [0.3, 0.4) is 0 Å². The molecule has 5 N–H and O–H groups in total. The molecule has 1 fully saturated rings. The molecule has 0 saturated carbocycles. The molecule has 196 valence electrons. The Balaban J connectivity index is 1.65. The van der Waals surface area contributed by atoms with E-state index in [2.05, 4.69) is 4.98 Å². The minimum Gasteiger partial charge on any atom is -0.392 e. The molecule has 38 heavy (non-hydrogen) atoms. The van der Waals surface area contributed by atoms with Crippen molar-refractivity contribution < 1.29 is 15.3 Å². The Morgan fingerprint density at radius 2 is 1.32 bits per heavy atom. The van der Waals surface area contributed by atoms with Crippen molar-refractivity contribution in [3.05, 3.63) is 130 Å². The Morgan fingerprint density at radius 3 is 1.84 bits per heavy atom. The van der Waals surface area contributed by atoms with Gasteiger partial charge in [0, 0.05) is 19.0 Å². The minimum absolute atomic E-state index is 0.0558. The van der Waals surface area contributed by atoms with Crippen LogP contribution in [-0.2, 0) is 19.3 Å². The SMILES string of the molecule is Nc1ccn([C@H]2S[C@@H](C(O)Cc3ccccc3)[C@@](O)(Cc3ccccc3)[C@]2(O)Cc2ccccc2)c(=O)n1. The highest BCUT2D eigenvalue weighted by molar-refractivity contribution is 8.00. The van der Waals surface area contributed by atoms with Gasteiger partial charge in [-0.1, -0.05) is 91.0 Å². The van der Waals surface area contributed by atoms with Crippen LogP contribution in [0.4, 0.5) is 5.82 Å². The van der Waals surface area contributed by atoms with Gasteiger partial charge in [0.25, 0.3) is 0 Å². The average Bonchev–Trinajstić information content (AvgIpc) is 3.12. The highest BCUT2D eigenvalue weighted by Crippen LogP contribution is 2.57. The first kappa shape index (κ1) is 26.2. The molecule has 5 atom stereocenters. The van der Waals surface area contributed by atoms with Crippen molar-refractivity contribution in [2.45, 2.75) is 47.2 Å². The van der Waals surface area contributed by atoms with Crippen LogP contribution < -0.4 is 11.4 Å². The fourth-order valence-electron chi connectivity index (χ4n) is 5.40. The number of hydrogen-bond donors (Lipinski definition) is 4. The second-order valence-electron chi connectivity index (χ2n) is 9.88. The lowest BCUT2D eigenvalue weighted by Gasteiger charge is -2.44. The van der Waals surface area contributed by atoms with E-state index in [-0.39, 0.29) is 25.1 Å². The highest BCUT2D eigenvalue weighted by atomic mass is 32.2. The van der Waals surface area contributed by atoms with Gasteiger partial charge in [0.1, 0.15) is 22.4 Å². The summed E-state index contributed by atoms with van der Waals surface area (Å²) in [6, 6.07) is 29.8. The summed E-state index contributed by atoms with van der Waals surface area (Å²) in [6.45, 7) is 0. The molecule has 7 nitrogen and oxygen atoms in total. The largest absolute Gasteiger partial charge is 0.392 e. The lowest BCUT2D eigenvalue weighted by Crippen LogP contribution is -2.63. The molecule has 3 aromatic carbocycles. The molecule has 0 radical (unpaired) electrons. The van der Waals surface area contributed by atoms with Crippen LogP contribution in [-0.4, -0.2) is 47.4 Å². The Labute approximate surface area is 225 Å². The third-order valence-electron chi connectivity index (χ3n) is 7.28. The summed E-state index contributed by atoms with van der Waals surface area (Å²) in [5.41, 5.74) is 3.97. The number of aliphatic hydroxyl groups excluding tert-OH is 1. The predicted molar refractivity (Wildman–Crippen MR) is 150 cm³/mol. The first-order chi connectivity index (χ1) is 18.3. The van der Waals surface area contributed by atoms with E-state index in [1.165, 1.54) is 28.6 Å². The molecule has 0 aliphatic carbocycles. The second-order valence-corrected chi connectivity index (χ2v) is 11.1. The highest BCUT2D eigenvalue weighted by Gasteiger charge is 2.66. The van der Waals surface area contributed by atoms with Gasteiger partial charge in [-0.25, -0.2) is 4.79 Å². The van der Waals surface area contributed by atoms with Crippen LogP contribution in [0.25, 0.3) is 0 Å². The van der Waals surface area contributed by atoms with Gasteiger partial charge in [0.2, 0.25) is 0 Å². The Kier molecular flexibility index (Phi) is 7.40.